The molecule has 1 atom stereocenters. The van der Waals surface area contributed by atoms with Gasteiger partial charge < -0.3 is 5.32 Å². The molecular formula is C23H30N4OS. The predicted octanol–water partition coefficient (Wildman–Crippen LogP) is 4.45. The first kappa shape index (κ1) is 19.2. The Morgan fingerprint density at radius 2 is 1.66 bits per heavy atom. The first-order chi connectivity index (χ1) is 13.9. The van der Waals surface area contributed by atoms with Crippen LogP contribution in [0.5, 0.6) is 0 Å². The molecule has 1 aromatic carbocycles. The van der Waals surface area contributed by atoms with Crippen LogP contribution in [0.3, 0.4) is 0 Å². The number of rotatable bonds is 5. The number of nitrogens with zero attached hydrogens (tertiary/aromatic N) is 3. The summed E-state index contributed by atoms with van der Waals surface area (Å²) in [5.74, 6) is 3.48. The van der Waals surface area contributed by atoms with Gasteiger partial charge in [-0.1, -0.05) is 29.5 Å². The average Bonchev–Trinajstić information content (AvgIpc) is 3.01. The van der Waals surface area contributed by atoms with Crippen molar-refractivity contribution < 1.29 is 4.79 Å². The van der Waals surface area contributed by atoms with Crippen molar-refractivity contribution in [1.82, 2.24) is 20.1 Å². The Morgan fingerprint density at radius 3 is 2.24 bits per heavy atom. The minimum Gasteiger partial charge on any atom is -0.350 e. The van der Waals surface area contributed by atoms with Gasteiger partial charge in [-0.25, -0.2) is 0 Å². The highest BCUT2D eigenvalue weighted by atomic mass is 32.2. The highest BCUT2D eigenvalue weighted by molar-refractivity contribution is 8.00. The molecule has 29 heavy (non-hydrogen) atoms. The summed E-state index contributed by atoms with van der Waals surface area (Å²) in [4.78, 5) is 13.1. The summed E-state index contributed by atoms with van der Waals surface area (Å²) in [5, 5.41) is 12.7. The van der Waals surface area contributed by atoms with Crippen LogP contribution in [0.15, 0.2) is 29.4 Å². The third-order valence-corrected chi connectivity index (χ3v) is 8.21. The minimum atomic E-state index is -0.198. The quantitative estimate of drug-likeness (QED) is 0.740. The fourth-order valence-corrected chi connectivity index (χ4v) is 7.16. The van der Waals surface area contributed by atoms with Gasteiger partial charge in [0.25, 0.3) is 0 Å². The summed E-state index contributed by atoms with van der Waals surface area (Å²) in [5.41, 5.74) is 2.31. The normalized spacial score (nSPS) is 31.1. The lowest BCUT2D eigenvalue weighted by atomic mass is 9.53. The van der Waals surface area contributed by atoms with Crippen molar-refractivity contribution in [2.75, 3.05) is 0 Å². The zero-order chi connectivity index (χ0) is 20.2. The summed E-state index contributed by atoms with van der Waals surface area (Å²) >= 11 is 1.50. The maximum absolute atomic E-state index is 13.1. The Hall–Kier alpha value is -1.82. The van der Waals surface area contributed by atoms with Crippen molar-refractivity contribution in [1.29, 1.82) is 0 Å². The Balaban J connectivity index is 1.30. The highest BCUT2D eigenvalue weighted by Crippen LogP contribution is 2.55. The molecule has 4 bridgehead atoms. The molecule has 4 aliphatic rings. The van der Waals surface area contributed by atoms with Crippen LogP contribution in [0, 0.1) is 31.6 Å². The molecule has 1 heterocycles. The molecule has 1 N–H and O–H groups in total. The number of hydrogen-bond donors (Lipinski definition) is 1. The molecule has 4 fully saturated rings. The van der Waals surface area contributed by atoms with Crippen LogP contribution in [-0.4, -0.2) is 31.5 Å². The zero-order valence-electron chi connectivity index (χ0n) is 17.5. The molecule has 154 valence electrons. The molecule has 0 radical (unpaired) electrons. The van der Waals surface area contributed by atoms with E-state index >= 15 is 0 Å². The second-order valence-electron chi connectivity index (χ2n) is 9.65. The van der Waals surface area contributed by atoms with E-state index in [-0.39, 0.29) is 16.7 Å². The van der Waals surface area contributed by atoms with E-state index in [0.717, 1.165) is 34.4 Å². The van der Waals surface area contributed by atoms with Crippen LogP contribution in [-0.2, 0) is 4.79 Å². The first-order valence-corrected chi connectivity index (χ1v) is 11.8. The number of benzene rings is 1. The molecule has 4 aliphatic carbocycles. The zero-order valence-corrected chi connectivity index (χ0v) is 18.3. The summed E-state index contributed by atoms with van der Waals surface area (Å²) in [6, 6.07) is 8.34. The second-order valence-corrected chi connectivity index (χ2v) is 11.0. The van der Waals surface area contributed by atoms with Gasteiger partial charge in [0, 0.05) is 11.2 Å². The number of amides is 1. The molecule has 0 aliphatic heterocycles. The molecule has 4 saturated carbocycles. The van der Waals surface area contributed by atoms with Crippen molar-refractivity contribution in [3.05, 3.63) is 35.7 Å². The van der Waals surface area contributed by atoms with Crippen LogP contribution in [0.2, 0.25) is 0 Å². The lowest BCUT2D eigenvalue weighted by Crippen LogP contribution is -2.60. The molecule has 1 amide bonds. The Morgan fingerprint density at radius 1 is 1.07 bits per heavy atom. The van der Waals surface area contributed by atoms with E-state index in [9.17, 15) is 4.79 Å². The summed E-state index contributed by atoms with van der Waals surface area (Å²) < 4.78 is 2.04. The number of carbonyl (C=O) groups excluding carboxylic acids is 1. The van der Waals surface area contributed by atoms with E-state index in [1.54, 1.807) is 0 Å². The second kappa shape index (κ2) is 7.15. The van der Waals surface area contributed by atoms with E-state index in [1.807, 2.05) is 18.4 Å². The van der Waals surface area contributed by atoms with Crippen LogP contribution < -0.4 is 5.32 Å². The Labute approximate surface area is 177 Å². The maximum Gasteiger partial charge on any atom is 0.233 e. The maximum atomic E-state index is 13.1. The van der Waals surface area contributed by atoms with Gasteiger partial charge in [-0.15, -0.1) is 10.2 Å². The summed E-state index contributed by atoms with van der Waals surface area (Å²) in [6.45, 7) is 6.02. The van der Waals surface area contributed by atoms with Gasteiger partial charge in [0.2, 0.25) is 5.91 Å². The fourth-order valence-electron chi connectivity index (χ4n) is 6.25. The topological polar surface area (TPSA) is 59.8 Å². The predicted molar refractivity (Wildman–Crippen MR) is 115 cm³/mol. The molecule has 0 saturated heterocycles. The third-order valence-electron chi connectivity index (χ3n) is 7.17. The van der Waals surface area contributed by atoms with Gasteiger partial charge in [0.15, 0.2) is 5.16 Å². The largest absolute Gasteiger partial charge is 0.350 e. The first-order valence-electron chi connectivity index (χ1n) is 10.9. The minimum absolute atomic E-state index is 0.0567. The van der Waals surface area contributed by atoms with E-state index in [4.69, 9.17) is 0 Å². The average molecular weight is 411 g/mol. The van der Waals surface area contributed by atoms with Crippen molar-refractivity contribution in [3.63, 3.8) is 0 Å². The van der Waals surface area contributed by atoms with Crippen molar-refractivity contribution >= 4 is 17.7 Å². The lowest BCUT2D eigenvalue weighted by molar-refractivity contribution is -0.126. The fraction of sp³-hybridized carbons (Fsp3) is 0.609. The number of hydrogen-bond acceptors (Lipinski definition) is 4. The van der Waals surface area contributed by atoms with Crippen molar-refractivity contribution in [3.8, 4) is 5.69 Å². The smallest absolute Gasteiger partial charge is 0.233 e. The van der Waals surface area contributed by atoms with Crippen molar-refractivity contribution in [2.24, 2.45) is 17.8 Å². The molecule has 0 spiro atoms. The monoisotopic (exact) mass is 410 g/mol. The molecule has 6 rings (SSSR count). The molecule has 5 nitrogen and oxygen atoms in total. The number of nitrogens with one attached hydrogen (secondary N) is 1. The molecule has 1 unspecified atom stereocenters. The molecular weight excluding hydrogens is 380 g/mol. The van der Waals surface area contributed by atoms with Crippen LogP contribution >= 0.6 is 11.8 Å². The van der Waals surface area contributed by atoms with Gasteiger partial charge >= 0.3 is 0 Å². The third kappa shape index (κ3) is 3.60. The van der Waals surface area contributed by atoms with Crippen molar-refractivity contribution in [2.45, 2.75) is 75.2 Å². The van der Waals surface area contributed by atoms with Gasteiger partial charge in [0.05, 0.1) is 5.25 Å². The highest BCUT2D eigenvalue weighted by Gasteiger charge is 2.51. The SMILES string of the molecule is Cc1ccc(-n2c(C)nnc2SC(C)C(=O)NC23CC4CC(CC(C4)C2)C3)cc1. The standard InChI is InChI=1S/C23H30N4OS/c1-14-4-6-20(7-5-14)27-16(3)25-26-22(27)29-15(2)21(28)24-23-11-17-8-18(12-23)10-19(9-17)13-23/h4-7,15,17-19H,8-13H2,1-3H3,(H,24,28). The van der Waals surface area contributed by atoms with E-state index < -0.39 is 0 Å². The van der Waals surface area contributed by atoms with Gasteiger partial charge in [-0.3, -0.25) is 9.36 Å². The lowest BCUT2D eigenvalue weighted by Gasteiger charge is -2.57. The van der Waals surface area contributed by atoms with Crippen LogP contribution in [0.1, 0.15) is 56.8 Å². The van der Waals surface area contributed by atoms with Gasteiger partial charge in [-0.05, 0) is 89.2 Å². The van der Waals surface area contributed by atoms with Gasteiger partial charge in [0.1, 0.15) is 5.82 Å². The van der Waals surface area contributed by atoms with Crippen LogP contribution in [0.25, 0.3) is 5.69 Å². The summed E-state index contributed by atoms with van der Waals surface area (Å²) in [7, 11) is 0. The molecule has 2 aromatic rings. The van der Waals surface area contributed by atoms with E-state index in [2.05, 4.69) is 46.7 Å². The molecule has 6 heteroatoms. The Kier molecular flexibility index (Phi) is 4.72. The van der Waals surface area contributed by atoms with E-state index in [0.29, 0.717) is 0 Å². The number of carbonyl (C=O) groups is 1. The number of aromatic nitrogens is 3. The number of aryl methyl sites for hydroxylation is 2. The van der Waals surface area contributed by atoms with E-state index in [1.165, 1.54) is 55.9 Å². The molecule has 1 aromatic heterocycles. The summed E-state index contributed by atoms with van der Waals surface area (Å²) in [6.07, 6.45) is 7.71. The van der Waals surface area contributed by atoms with Gasteiger partial charge in [-0.2, -0.15) is 0 Å². The van der Waals surface area contributed by atoms with Crippen LogP contribution in [0.4, 0.5) is 0 Å². The number of thioether (sulfide) groups is 1. The Bertz CT molecular complexity index is 884.